The van der Waals surface area contributed by atoms with Gasteiger partial charge in [-0.1, -0.05) is 59.4 Å². The van der Waals surface area contributed by atoms with E-state index in [2.05, 4.69) is 32.0 Å². The van der Waals surface area contributed by atoms with Crippen LogP contribution >= 0.6 is 0 Å². The number of hydrogen-bond acceptors (Lipinski definition) is 1. The van der Waals surface area contributed by atoms with Gasteiger partial charge in [-0.05, 0) is 13.0 Å². The molecule has 82 valence electrons. The van der Waals surface area contributed by atoms with E-state index in [1.807, 2.05) is 26.8 Å². The molecule has 0 rings (SSSR count). The summed E-state index contributed by atoms with van der Waals surface area (Å²) in [6.45, 7) is 17.2. The highest BCUT2D eigenvalue weighted by molar-refractivity contribution is 5.71. The van der Waals surface area contributed by atoms with Crippen molar-refractivity contribution in [2.45, 2.75) is 41.0 Å². The van der Waals surface area contributed by atoms with Crippen molar-refractivity contribution in [1.82, 2.24) is 0 Å². The van der Waals surface area contributed by atoms with E-state index >= 15 is 0 Å². The molecule has 0 saturated carbocycles. The third-order valence-corrected chi connectivity index (χ3v) is 0.743. The van der Waals surface area contributed by atoms with E-state index in [0.717, 1.165) is 5.70 Å². The number of hydrogen-bond donors (Lipinski definition) is 0. The normalized spacial score (nSPS) is 9.36. The van der Waals surface area contributed by atoms with Gasteiger partial charge in [-0.25, -0.2) is 0 Å². The zero-order chi connectivity index (χ0) is 11.8. The highest BCUT2D eigenvalue weighted by Crippen LogP contribution is 1.91. The number of rotatable bonds is 3. The van der Waals surface area contributed by atoms with Crippen LogP contribution in [-0.2, 0) is 0 Å². The van der Waals surface area contributed by atoms with Crippen LogP contribution in [0.2, 0.25) is 0 Å². The Hall–Kier alpha value is -1.11. The third-order valence-electron chi connectivity index (χ3n) is 0.743. The van der Waals surface area contributed by atoms with Crippen molar-refractivity contribution >= 4 is 6.21 Å². The van der Waals surface area contributed by atoms with Gasteiger partial charge in [0.25, 0.3) is 0 Å². The maximum absolute atomic E-state index is 3.98. The van der Waals surface area contributed by atoms with E-state index in [1.165, 1.54) is 6.42 Å². The predicted octanol–water partition coefficient (Wildman–Crippen LogP) is 4.78. The van der Waals surface area contributed by atoms with Crippen molar-refractivity contribution in [3.05, 3.63) is 37.1 Å². The van der Waals surface area contributed by atoms with E-state index in [4.69, 9.17) is 0 Å². The standard InChI is InChI=1S/C8H11N.C3H8.C2H6/c1-4-6-8(3)9-7-5-2;1-3-2;1-2/h4-7H,1-2H2,3H3;3H2,1-2H3;1-2H3/b8-6-,9-7?;;. The van der Waals surface area contributed by atoms with E-state index in [1.54, 1.807) is 18.4 Å². The lowest BCUT2D eigenvalue weighted by Crippen LogP contribution is -1.67. The second kappa shape index (κ2) is 22.7. The van der Waals surface area contributed by atoms with Gasteiger partial charge in [0, 0.05) is 11.9 Å². The summed E-state index contributed by atoms with van der Waals surface area (Å²) < 4.78 is 0. The second-order valence-corrected chi connectivity index (χ2v) is 2.26. The fraction of sp³-hybridized carbons (Fsp3) is 0.462. The Labute approximate surface area is 90.0 Å². The van der Waals surface area contributed by atoms with Gasteiger partial charge in [0.2, 0.25) is 0 Å². The van der Waals surface area contributed by atoms with Gasteiger partial charge in [-0.3, -0.25) is 4.99 Å². The van der Waals surface area contributed by atoms with Crippen molar-refractivity contribution in [2.75, 3.05) is 0 Å². The predicted molar refractivity (Wildman–Crippen MR) is 70.0 cm³/mol. The molecule has 0 fully saturated rings. The Kier molecular flexibility index (Phi) is 30.1. The monoisotopic (exact) mass is 195 g/mol. The smallest absolute Gasteiger partial charge is 0.0372 e. The number of aliphatic imine (C=N–C) groups is 1. The second-order valence-electron chi connectivity index (χ2n) is 2.26. The quantitative estimate of drug-likeness (QED) is 0.454. The maximum Gasteiger partial charge on any atom is 0.0372 e. The van der Waals surface area contributed by atoms with Crippen LogP contribution in [0.3, 0.4) is 0 Å². The summed E-state index contributed by atoms with van der Waals surface area (Å²) in [4.78, 5) is 3.98. The van der Waals surface area contributed by atoms with Crippen LogP contribution < -0.4 is 0 Å². The summed E-state index contributed by atoms with van der Waals surface area (Å²) in [5, 5.41) is 0. The average Bonchev–Trinajstić information content (AvgIpc) is 2.20. The zero-order valence-corrected chi connectivity index (χ0v) is 10.4. The summed E-state index contributed by atoms with van der Waals surface area (Å²) in [6, 6.07) is 0. The fourth-order valence-electron chi connectivity index (χ4n) is 0.384. The van der Waals surface area contributed by atoms with Crippen LogP contribution in [0.4, 0.5) is 0 Å². The summed E-state index contributed by atoms with van der Waals surface area (Å²) in [7, 11) is 0. The minimum Gasteiger partial charge on any atom is -0.262 e. The molecule has 0 bridgehead atoms. The molecule has 0 saturated heterocycles. The van der Waals surface area contributed by atoms with Crippen molar-refractivity contribution in [3.63, 3.8) is 0 Å². The molecule has 0 spiro atoms. The molecule has 0 radical (unpaired) electrons. The van der Waals surface area contributed by atoms with Gasteiger partial charge in [0.15, 0.2) is 0 Å². The lowest BCUT2D eigenvalue weighted by Gasteiger charge is -1.83. The van der Waals surface area contributed by atoms with Crippen LogP contribution in [0.15, 0.2) is 42.1 Å². The van der Waals surface area contributed by atoms with Crippen molar-refractivity contribution < 1.29 is 0 Å². The minimum absolute atomic E-state index is 0.935. The van der Waals surface area contributed by atoms with Crippen molar-refractivity contribution in [3.8, 4) is 0 Å². The molecule has 0 atom stereocenters. The summed E-state index contributed by atoms with van der Waals surface area (Å²) in [6.07, 6.45) is 8.07. The van der Waals surface area contributed by atoms with Gasteiger partial charge >= 0.3 is 0 Å². The summed E-state index contributed by atoms with van der Waals surface area (Å²) in [5.74, 6) is 0. The Morgan fingerprint density at radius 1 is 1.14 bits per heavy atom. The van der Waals surface area contributed by atoms with Crippen LogP contribution in [0.1, 0.15) is 41.0 Å². The van der Waals surface area contributed by atoms with Crippen LogP contribution in [0.5, 0.6) is 0 Å². The van der Waals surface area contributed by atoms with Crippen molar-refractivity contribution in [2.24, 2.45) is 4.99 Å². The van der Waals surface area contributed by atoms with E-state index in [9.17, 15) is 0 Å². The zero-order valence-electron chi connectivity index (χ0n) is 10.4. The maximum atomic E-state index is 3.98. The van der Waals surface area contributed by atoms with Crippen LogP contribution in [0.25, 0.3) is 0 Å². The first-order valence-electron chi connectivity index (χ1n) is 5.17. The molecule has 0 aliphatic carbocycles. The van der Waals surface area contributed by atoms with Crippen molar-refractivity contribution in [1.29, 1.82) is 0 Å². The first-order valence-corrected chi connectivity index (χ1v) is 5.17. The average molecular weight is 195 g/mol. The highest BCUT2D eigenvalue weighted by atomic mass is 14.7. The fourth-order valence-corrected chi connectivity index (χ4v) is 0.384. The Morgan fingerprint density at radius 3 is 1.86 bits per heavy atom. The molecule has 1 heteroatoms. The van der Waals surface area contributed by atoms with E-state index in [0.29, 0.717) is 0 Å². The van der Waals surface area contributed by atoms with E-state index in [-0.39, 0.29) is 0 Å². The topological polar surface area (TPSA) is 12.4 Å². The molecule has 0 aliphatic heterocycles. The third kappa shape index (κ3) is 30.7. The van der Waals surface area contributed by atoms with Gasteiger partial charge in [-0.2, -0.15) is 0 Å². The molecule has 0 amide bonds. The molecule has 1 nitrogen and oxygen atoms in total. The van der Waals surface area contributed by atoms with Gasteiger partial charge in [0.05, 0.1) is 0 Å². The molecule has 0 aromatic rings. The Bertz CT molecular complexity index is 164. The SMILES string of the molecule is C=CC=N/C(C)=C\C=C.CC.CCC. The Morgan fingerprint density at radius 2 is 1.57 bits per heavy atom. The first-order chi connectivity index (χ1) is 6.72. The van der Waals surface area contributed by atoms with Gasteiger partial charge in [-0.15, -0.1) is 0 Å². The largest absolute Gasteiger partial charge is 0.262 e. The molecule has 14 heavy (non-hydrogen) atoms. The summed E-state index contributed by atoms with van der Waals surface area (Å²) >= 11 is 0. The lowest BCUT2D eigenvalue weighted by atomic mass is 10.4. The molecule has 0 aromatic heterocycles. The minimum atomic E-state index is 0.935. The molecule has 0 aliphatic rings. The van der Waals surface area contributed by atoms with Crippen LogP contribution in [0, 0.1) is 0 Å². The van der Waals surface area contributed by atoms with E-state index < -0.39 is 0 Å². The Balaban J connectivity index is -0.000000205. The van der Waals surface area contributed by atoms with Crippen LogP contribution in [-0.4, -0.2) is 6.21 Å². The number of allylic oxidation sites excluding steroid dienone is 4. The first kappa shape index (κ1) is 18.6. The molecule has 0 aromatic carbocycles. The molecule has 0 unspecified atom stereocenters. The summed E-state index contributed by atoms with van der Waals surface area (Å²) in [5.41, 5.74) is 0.935. The number of nitrogens with zero attached hydrogens (tertiary/aromatic N) is 1. The molecular formula is C13H25N. The van der Waals surface area contributed by atoms with Gasteiger partial charge in [0.1, 0.15) is 0 Å². The molecule has 0 heterocycles. The molecule has 0 N–H and O–H groups in total. The lowest BCUT2D eigenvalue weighted by molar-refractivity contribution is 1.09. The van der Waals surface area contributed by atoms with Gasteiger partial charge < -0.3 is 0 Å². The molecular weight excluding hydrogens is 170 g/mol. The highest BCUT2D eigenvalue weighted by Gasteiger charge is 1.73.